The Bertz CT molecular complexity index is 390. The van der Waals surface area contributed by atoms with Crippen molar-refractivity contribution in [1.29, 1.82) is 0 Å². The van der Waals surface area contributed by atoms with Crippen molar-refractivity contribution in [3.05, 3.63) is 12.3 Å². The number of carbonyl (C=O) groups is 2. The van der Waals surface area contributed by atoms with E-state index in [4.69, 9.17) is 4.74 Å². The van der Waals surface area contributed by atoms with E-state index >= 15 is 0 Å². The van der Waals surface area contributed by atoms with Gasteiger partial charge in [-0.25, -0.2) is 4.79 Å². The molecular weight excluding hydrogens is 248 g/mol. The highest BCUT2D eigenvalue weighted by Crippen LogP contribution is 2.48. The summed E-state index contributed by atoms with van der Waals surface area (Å²) in [4.78, 5) is 23.7. The lowest BCUT2D eigenvalue weighted by molar-refractivity contribution is -0.165. The first kappa shape index (κ1) is 14.0. The summed E-state index contributed by atoms with van der Waals surface area (Å²) in [5.74, 6) is 0.154. The number of allylic oxidation sites excluding steroid dienone is 1. The van der Waals surface area contributed by atoms with E-state index in [9.17, 15) is 14.7 Å². The molecule has 2 rings (SSSR count). The smallest absolute Gasteiger partial charge is 0.323 e. The van der Waals surface area contributed by atoms with Crippen LogP contribution in [0.2, 0.25) is 0 Å². The third-order valence-corrected chi connectivity index (χ3v) is 3.81. The SMILES string of the molecule is CNC(=O)N(/C=C\C=O)C1OC2(CC(O)C2)CC1C. The highest BCUT2D eigenvalue weighted by atomic mass is 16.5. The van der Waals surface area contributed by atoms with E-state index in [-0.39, 0.29) is 23.7 Å². The molecule has 2 fully saturated rings. The first-order valence-corrected chi connectivity index (χ1v) is 6.49. The van der Waals surface area contributed by atoms with E-state index in [1.54, 1.807) is 0 Å². The summed E-state index contributed by atoms with van der Waals surface area (Å²) >= 11 is 0. The molecule has 6 nitrogen and oxygen atoms in total. The van der Waals surface area contributed by atoms with Crippen molar-refractivity contribution in [3.63, 3.8) is 0 Å². The van der Waals surface area contributed by atoms with Gasteiger partial charge < -0.3 is 15.2 Å². The Morgan fingerprint density at radius 3 is 2.68 bits per heavy atom. The van der Waals surface area contributed by atoms with Gasteiger partial charge in [-0.15, -0.1) is 0 Å². The number of hydrogen-bond donors (Lipinski definition) is 2. The number of aldehydes is 1. The van der Waals surface area contributed by atoms with Crippen LogP contribution in [0.25, 0.3) is 0 Å². The van der Waals surface area contributed by atoms with Gasteiger partial charge in [0.15, 0.2) is 0 Å². The van der Waals surface area contributed by atoms with Crippen molar-refractivity contribution in [1.82, 2.24) is 10.2 Å². The van der Waals surface area contributed by atoms with Gasteiger partial charge in [-0.2, -0.15) is 0 Å². The summed E-state index contributed by atoms with van der Waals surface area (Å²) in [7, 11) is 1.53. The predicted molar refractivity (Wildman–Crippen MR) is 68.1 cm³/mol. The number of nitrogens with one attached hydrogen (secondary N) is 1. The molecular formula is C13H20N2O4. The van der Waals surface area contributed by atoms with E-state index in [1.807, 2.05) is 6.92 Å². The predicted octanol–water partition coefficient (Wildman–Crippen LogP) is 0.616. The topological polar surface area (TPSA) is 78.9 Å². The van der Waals surface area contributed by atoms with Crippen LogP contribution in [-0.4, -0.2) is 47.3 Å². The van der Waals surface area contributed by atoms with Crippen LogP contribution in [0, 0.1) is 5.92 Å². The van der Waals surface area contributed by atoms with Gasteiger partial charge in [-0.05, 0) is 12.5 Å². The fourth-order valence-corrected chi connectivity index (χ4v) is 3.03. The minimum Gasteiger partial charge on any atom is -0.393 e. The second-order valence-electron chi connectivity index (χ2n) is 5.37. The lowest BCUT2D eigenvalue weighted by atomic mass is 9.74. The average molecular weight is 268 g/mol. The van der Waals surface area contributed by atoms with E-state index in [0.717, 1.165) is 6.42 Å². The standard InChI is InChI=1S/C13H20N2O4/c1-9-6-13(7-10(17)8-13)19-11(9)15(4-3-5-16)12(18)14-2/h3-5,9-11,17H,6-8H2,1-2H3,(H,14,18)/b4-3-. The maximum Gasteiger partial charge on any atom is 0.323 e. The van der Waals surface area contributed by atoms with Crippen molar-refractivity contribution < 1.29 is 19.4 Å². The Balaban J connectivity index is 2.11. The molecule has 19 heavy (non-hydrogen) atoms. The van der Waals surface area contributed by atoms with Gasteiger partial charge in [0.25, 0.3) is 0 Å². The van der Waals surface area contributed by atoms with Gasteiger partial charge in [0.05, 0.1) is 11.7 Å². The Morgan fingerprint density at radius 1 is 1.47 bits per heavy atom. The summed E-state index contributed by atoms with van der Waals surface area (Å²) < 4.78 is 5.99. The molecule has 2 unspecified atom stereocenters. The Hall–Kier alpha value is -1.40. The molecule has 2 aliphatic rings. The fourth-order valence-electron chi connectivity index (χ4n) is 3.03. The molecule has 0 aromatic carbocycles. The average Bonchev–Trinajstić information content (AvgIpc) is 2.67. The molecule has 106 valence electrons. The first-order chi connectivity index (χ1) is 9.01. The minimum absolute atomic E-state index is 0.154. The van der Waals surface area contributed by atoms with Crippen LogP contribution < -0.4 is 5.32 Å². The lowest BCUT2D eigenvalue weighted by Crippen LogP contribution is -2.49. The molecule has 2 N–H and O–H groups in total. The van der Waals surface area contributed by atoms with Crippen LogP contribution in [0.5, 0.6) is 0 Å². The molecule has 0 aromatic rings. The zero-order valence-electron chi connectivity index (χ0n) is 11.2. The third kappa shape index (κ3) is 2.64. The summed E-state index contributed by atoms with van der Waals surface area (Å²) in [6, 6.07) is -0.313. The lowest BCUT2D eigenvalue weighted by Gasteiger charge is -2.42. The number of nitrogens with zero attached hydrogens (tertiary/aromatic N) is 1. The largest absolute Gasteiger partial charge is 0.393 e. The molecule has 1 aliphatic heterocycles. The van der Waals surface area contributed by atoms with Crippen LogP contribution in [0.4, 0.5) is 4.79 Å². The number of hydrogen-bond acceptors (Lipinski definition) is 4. The Morgan fingerprint density at radius 2 is 2.16 bits per heavy atom. The normalized spacial score (nSPS) is 37.3. The van der Waals surface area contributed by atoms with Crippen molar-refractivity contribution in [2.24, 2.45) is 5.92 Å². The van der Waals surface area contributed by atoms with Crippen LogP contribution in [-0.2, 0) is 9.53 Å². The quantitative estimate of drug-likeness (QED) is 0.581. The zero-order chi connectivity index (χ0) is 14.0. The van der Waals surface area contributed by atoms with Crippen molar-refractivity contribution >= 4 is 12.3 Å². The van der Waals surface area contributed by atoms with Crippen molar-refractivity contribution in [2.75, 3.05) is 7.05 Å². The Kier molecular flexibility index (Phi) is 3.91. The maximum absolute atomic E-state index is 11.9. The van der Waals surface area contributed by atoms with Gasteiger partial charge >= 0.3 is 6.03 Å². The van der Waals surface area contributed by atoms with Crippen LogP contribution in [0.15, 0.2) is 12.3 Å². The molecule has 1 saturated heterocycles. The molecule has 0 radical (unpaired) electrons. The number of amides is 2. The maximum atomic E-state index is 11.9. The molecule has 1 aliphatic carbocycles. The first-order valence-electron chi connectivity index (χ1n) is 6.49. The molecule has 0 aromatic heterocycles. The highest BCUT2D eigenvalue weighted by molar-refractivity contribution is 5.76. The number of aliphatic hydroxyl groups is 1. The van der Waals surface area contributed by atoms with Crippen LogP contribution in [0.1, 0.15) is 26.2 Å². The highest BCUT2D eigenvalue weighted by Gasteiger charge is 2.54. The van der Waals surface area contributed by atoms with Crippen molar-refractivity contribution in [3.8, 4) is 0 Å². The second kappa shape index (κ2) is 5.30. The summed E-state index contributed by atoms with van der Waals surface area (Å²) in [6.45, 7) is 2.01. The zero-order valence-corrected chi connectivity index (χ0v) is 11.2. The van der Waals surface area contributed by atoms with Gasteiger partial charge in [0, 0.05) is 32.0 Å². The van der Waals surface area contributed by atoms with E-state index < -0.39 is 6.23 Å². The summed E-state index contributed by atoms with van der Waals surface area (Å²) in [5, 5.41) is 12.0. The summed E-state index contributed by atoms with van der Waals surface area (Å²) in [5.41, 5.74) is -0.301. The number of urea groups is 1. The van der Waals surface area contributed by atoms with Crippen LogP contribution in [0.3, 0.4) is 0 Å². The molecule has 0 bridgehead atoms. The second-order valence-corrected chi connectivity index (χ2v) is 5.37. The number of aliphatic hydroxyl groups excluding tert-OH is 1. The molecule has 2 amide bonds. The fraction of sp³-hybridized carbons (Fsp3) is 0.692. The van der Waals surface area contributed by atoms with Gasteiger partial charge in [0.1, 0.15) is 12.5 Å². The van der Waals surface area contributed by atoms with Gasteiger partial charge in [-0.1, -0.05) is 6.92 Å². The van der Waals surface area contributed by atoms with E-state index in [0.29, 0.717) is 19.1 Å². The summed E-state index contributed by atoms with van der Waals surface area (Å²) in [6.07, 6.45) is 4.68. The van der Waals surface area contributed by atoms with E-state index in [1.165, 1.54) is 24.2 Å². The number of ether oxygens (including phenoxy) is 1. The third-order valence-electron chi connectivity index (χ3n) is 3.81. The minimum atomic E-state index is -0.399. The Labute approximate surface area is 112 Å². The number of carbonyl (C=O) groups excluding carboxylic acids is 2. The monoisotopic (exact) mass is 268 g/mol. The molecule has 2 atom stereocenters. The van der Waals surface area contributed by atoms with Crippen molar-refractivity contribution in [2.45, 2.75) is 44.1 Å². The van der Waals surface area contributed by atoms with Gasteiger partial charge in [-0.3, -0.25) is 9.69 Å². The van der Waals surface area contributed by atoms with Crippen LogP contribution >= 0.6 is 0 Å². The molecule has 6 heteroatoms. The molecule has 1 heterocycles. The van der Waals surface area contributed by atoms with Gasteiger partial charge in [0.2, 0.25) is 0 Å². The van der Waals surface area contributed by atoms with E-state index in [2.05, 4.69) is 5.32 Å². The number of rotatable bonds is 3. The molecule has 1 spiro atoms. The molecule has 1 saturated carbocycles.